The molecule has 0 bridgehead atoms. The van der Waals surface area contributed by atoms with Crippen LogP contribution in [0.15, 0.2) is 36.4 Å². The van der Waals surface area contributed by atoms with Gasteiger partial charge in [0, 0.05) is 25.3 Å². The van der Waals surface area contributed by atoms with Crippen molar-refractivity contribution in [3.63, 3.8) is 0 Å². The van der Waals surface area contributed by atoms with Crippen LogP contribution in [-0.4, -0.2) is 24.1 Å². The lowest BCUT2D eigenvalue weighted by atomic mass is 10.2. The van der Waals surface area contributed by atoms with Crippen LogP contribution in [0, 0.1) is 0 Å². The average molecular weight is 306 g/mol. The Bertz CT molecular complexity index is 739. The molecule has 3 rings (SSSR count). The van der Waals surface area contributed by atoms with Gasteiger partial charge in [-0.1, -0.05) is 35.3 Å². The van der Waals surface area contributed by atoms with E-state index in [0.717, 1.165) is 28.1 Å². The molecule has 2 aromatic carbocycles. The maximum atomic E-state index is 6.02. The first-order valence-corrected chi connectivity index (χ1v) is 6.93. The van der Waals surface area contributed by atoms with Gasteiger partial charge >= 0.3 is 0 Å². The van der Waals surface area contributed by atoms with E-state index in [0.29, 0.717) is 10.0 Å². The van der Waals surface area contributed by atoms with Crippen molar-refractivity contribution >= 4 is 39.9 Å². The number of imidazole rings is 1. The number of aromatic amines is 1. The maximum absolute atomic E-state index is 6.02. The monoisotopic (exact) mass is 305 g/mol. The van der Waals surface area contributed by atoms with Crippen LogP contribution >= 0.6 is 23.2 Å². The maximum Gasteiger partial charge on any atom is 0.138 e. The fourth-order valence-electron chi connectivity index (χ4n) is 2.07. The number of anilines is 1. The molecule has 0 saturated carbocycles. The van der Waals surface area contributed by atoms with Crippen molar-refractivity contribution < 1.29 is 0 Å². The number of nitrogens with zero attached hydrogens (tertiary/aromatic N) is 2. The van der Waals surface area contributed by atoms with Gasteiger partial charge in [-0.2, -0.15) is 0 Å². The summed E-state index contributed by atoms with van der Waals surface area (Å²) in [5, 5.41) is 1.04. The molecule has 0 spiro atoms. The third-order valence-corrected chi connectivity index (χ3v) is 3.88. The summed E-state index contributed by atoms with van der Waals surface area (Å²) in [6.07, 6.45) is 0. The molecule has 5 heteroatoms. The van der Waals surface area contributed by atoms with E-state index in [1.54, 1.807) is 12.1 Å². The molecular weight excluding hydrogens is 293 g/mol. The minimum absolute atomic E-state index is 0.513. The van der Waals surface area contributed by atoms with Crippen LogP contribution < -0.4 is 4.90 Å². The molecule has 0 atom stereocenters. The minimum Gasteiger partial charge on any atom is -0.378 e. The summed E-state index contributed by atoms with van der Waals surface area (Å²) >= 11 is 12.0. The molecule has 0 aliphatic carbocycles. The van der Waals surface area contributed by atoms with E-state index in [4.69, 9.17) is 23.2 Å². The molecule has 0 saturated heterocycles. The Morgan fingerprint density at radius 2 is 1.80 bits per heavy atom. The largest absolute Gasteiger partial charge is 0.378 e. The molecule has 0 amide bonds. The minimum atomic E-state index is 0.513. The van der Waals surface area contributed by atoms with Gasteiger partial charge in [-0.3, -0.25) is 0 Å². The van der Waals surface area contributed by atoms with Crippen molar-refractivity contribution in [2.24, 2.45) is 0 Å². The SMILES string of the molecule is CN(C)c1cccc(-c2nc3cc(Cl)c(Cl)cc3[nH]2)c1. The fraction of sp³-hybridized carbons (Fsp3) is 0.133. The predicted octanol–water partition coefficient (Wildman–Crippen LogP) is 4.60. The second-order valence-electron chi connectivity index (χ2n) is 4.81. The summed E-state index contributed by atoms with van der Waals surface area (Å²) < 4.78 is 0. The van der Waals surface area contributed by atoms with E-state index in [-0.39, 0.29) is 0 Å². The van der Waals surface area contributed by atoms with Crippen LogP contribution in [0.1, 0.15) is 0 Å². The highest BCUT2D eigenvalue weighted by Crippen LogP contribution is 2.29. The predicted molar refractivity (Wildman–Crippen MR) is 85.9 cm³/mol. The molecule has 0 aliphatic heterocycles. The third kappa shape index (κ3) is 2.35. The molecule has 20 heavy (non-hydrogen) atoms. The zero-order valence-corrected chi connectivity index (χ0v) is 12.6. The van der Waals surface area contributed by atoms with Crippen LogP contribution in [-0.2, 0) is 0 Å². The van der Waals surface area contributed by atoms with Crippen LogP contribution in [0.4, 0.5) is 5.69 Å². The lowest BCUT2D eigenvalue weighted by molar-refractivity contribution is 1.13. The Hall–Kier alpha value is -1.71. The molecule has 3 aromatic rings. The average Bonchev–Trinajstić information content (AvgIpc) is 2.82. The van der Waals surface area contributed by atoms with Crippen LogP contribution in [0.2, 0.25) is 10.0 Å². The normalized spacial score (nSPS) is 11.0. The molecule has 102 valence electrons. The smallest absolute Gasteiger partial charge is 0.138 e. The standard InChI is InChI=1S/C15H13Cl2N3/c1-20(2)10-5-3-4-9(6-10)15-18-13-7-11(16)12(17)8-14(13)19-15/h3-8H,1-2H3,(H,18,19). The van der Waals surface area contributed by atoms with Crippen LogP contribution in [0.5, 0.6) is 0 Å². The molecule has 1 N–H and O–H groups in total. The second-order valence-corrected chi connectivity index (χ2v) is 5.63. The second kappa shape index (κ2) is 5.00. The van der Waals surface area contributed by atoms with Gasteiger partial charge in [0.1, 0.15) is 5.82 Å². The van der Waals surface area contributed by atoms with E-state index in [1.807, 2.05) is 26.2 Å². The van der Waals surface area contributed by atoms with E-state index in [1.165, 1.54) is 0 Å². The Labute approximate surface area is 127 Å². The molecule has 0 aliphatic rings. The summed E-state index contributed by atoms with van der Waals surface area (Å²) in [6.45, 7) is 0. The van der Waals surface area contributed by atoms with Gasteiger partial charge < -0.3 is 9.88 Å². The van der Waals surface area contributed by atoms with Gasteiger partial charge in [0.25, 0.3) is 0 Å². The zero-order chi connectivity index (χ0) is 14.3. The topological polar surface area (TPSA) is 31.9 Å². The number of H-pyrrole nitrogens is 1. The van der Waals surface area contributed by atoms with Gasteiger partial charge in [-0.05, 0) is 24.3 Å². The zero-order valence-electron chi connectivity index (χ0n) is 11.1. The number of hydrogen-bond acceptors (Lipinski definition) is 2. The van der Waals surface area contributed by atoms with Crippen molar-refractivity contribution in [3.05, 3.63) is 46.4 Å². The number of nitrogens with one attached hydrogen (secondary N) is 1. The Balaban J connectivity index is 2.12. The van der Waals surface area contributed by atoms with Gasteiger partial charge in [0.2, 0.25) is 0 Å². The molecule has 0 fully saturated rings. The summed E-state index contributed by atoms with van der Waals surface area (Å²) in [6, 6.07) is 11.7. The number of aromatic nitrogens is 2. The summed E-state index contributed by atoms with van der Waals surface area (Å²) in [4.78, 5) is 9.90. The quantitative estimate of drug-likeness (QED) is 0.750. The number of hydrogen-bond donors (Lipinski definition) is 1. The molecule has 0 unspecified atom stereocenters. The molecule has 3 nitrogen and oxygen atoms in total. The number of rotatable bonds is 2. The Morgan fingerprint density at radius 1 is 1.05 bits per heavy atom. The Morgan fingerprint density at radius 3 is 2.55 bits per heavy atom. The summed E-state index contributed by atoms with van der Waals surface area (Å²) in [5.74, 6) is 0.807. The highest BCUT2D eigenvalue weighted by molar-refractivity contribution is 6.42. The molecule has 1 aromatic heterocycles. The lowest BCUT2D eigenvalue weighted by Crippen LogP contribution is -2.08. The van der Waals surface area contributed by atoms with E-state index in [9.17, 15) is 0 Å². The lowest BCUT2D eigenvalue weighted by Gasteiger charge is -2.12. The molecule has 1 heterocycles. The van der Waals surface area contributed by atoms with Crippen molar-refractivity contribution in [1.82, 2.24) is 9.97 Å². The van der Waals surface area contributed by atoms with E-state index in [2.05, 4.69) is 27.0 Å². The van der Waals surface area contributed by atoms with Crippen LogP contribution in [0.25, 0.3) is 22.4 Å². The van der Waals surface area contributed by atoms with Gasteiger partial charge in [0.15, 0.2) is 0 Å². The summed E-state index contributed by atoms with van der Waals surface area (Å²) in [5.41, 5.74) is 3.84. The first-order valence-electron chi connectivity index (χ1n) is 6.17. The van der Waals surface area contributed by atoms with Crippen molar-refractivity contribution in [3.8, 4) is 11.4 Å². The summed E-state index contributed by atoms with van der Waals surface area (Å²) in [7, 11) is 4.02. The van der Waals surface area contributed by atoms with Gasteiger partial charge in [-0.25, -0.2) is 4.98 Å². The van der Waals surface area contributed by atoms with Crippen molar-refractivity contribution in [1.29, 1.82) is 0 Å². The highest BCUT2D eigenvalue weighted by atomic mass is 35.5. The number of fused-ring (bicyclic) bond motifs is 1. The van der Waals surface area contributed by atoms with Gasteiger partial charge in [0.05, 0.1) is 21.1 Å². The number of benzene rings is 2. The third-order valence-electron chi connectivity index (χ3n) is 3.16. The highest BCUT2D eigenvalue weighted by Gasteiger charge is 2.09. The molecule has 0 radical (unpaired) electrons. The van der Waals surface area contributed by atoms with Crippen molar-refractivity contribution in [2.75, 3.05) is 19.0 Å². The van der Waals surface area contributed by atoms with Crippen LogP contribution in [0.3, 0.4) is 0 Å². The van der Waals surface area contributed by atoms with Crippen molar-refractivity contribution in [2.45, 2.75) is 0 Å². The van der Waals surface area contributed by atoms with E-state index >= 15 is 0 Å². The first kappa shape index (κ1) is 13.3. The number of halogens is 2. The van der Waals surface area contributed by atoms with E-state index < -0.39 is 0 Å². The fourth-order valence-corrected chi connectivity index (χ4v) is 2.39. The first-order chi connectivity index (χ1) is 9.54. The Kier molecular flexibility index (Phi) is 3.32. The molecular formula is C15H13Cl2N3. The van der Waals surface area contributed by atoms with Gasteiger partial charge in [-0.15, -0.1) is 0 Å².